The van der Waals surface area contributed by atoms with Crippen molar-refractivity contribution in [3.05, 3.63) is 65.8 Å². The lowest BCUT2D eigenvalue weighted by molar-refractivity contribution is 0.0734. The lowest BCUT2D eigenvalue weighted by Gasteiger charge is -2.22. The molecule has 0 saturated heterocycles. The van der Waals surface area contributed by atoms with Crippen LogP contribution in [-0.4, -0.2) is 39.4 Å². The number of benzene rings is 1. The smallest absolute Gasteiger partial charge is 0.290 e. The Morgan fingerprint density at radius 2 is 2.07 bits per heavy atom. The molecule has 1 aromatic heterocycles. The number of nitrogens with one attached hydrogen (secondary N) is 1. The van der Waals surface area contributed by atoms with Gasteiger partial charge >= 0.3 is 0 Å². The first-order valence-electron chi connectivity index (χ1n) is 9.47. The average molecular weight is 366 g/mol. The van der Waals surface area contributed by atoms with E-state index in [9.17, 15) is 9.59 Å². The minimum Gasteiger partial charge on any atom is -0.347 e. The molecule has 0 unspecified atom stereocenters. The molecular weight excluding hydrogens is 340 g/mol. The highest BCUT2D eigenvalue weighted by atomic mass is 16.2. The summed E-state index contributed by atoms with van der Waals surface area (Å²) in [7, 11) is 0. The highest BCUT2D eigenvalue weighted by Gasteiger charge is 2.29. The van der Waals surface area contributed by atoms with Gasteiger partial charge in [0, 0.05) is 26.2 Å². The summed E-state index contributed by atoms with van der Waals surface area (Å²) in [5, 5.41) is 2.78. The highest BCUT2D eigenvalue weighted by Crippen LogP contribution is 2.22. The summed E-state index contributed by atoms with van der Waals surface area (Å²) in [5.41, 5.74) is 2.31. The molecule has 27 heavy (non-hydrogen) atoms. The van der Waals surface area contributed by atoms with Gasteiger partial charge in [-0.25, -0.2) is 4.98 Å². The van der Waals surface area contributed by atoms with Crippen molar-refractivity contribution in [2.45, 2.75) is 39.3 Å². The van der Waals surface area contributed by atoms with Crippen molar-refractivity contribution < 1.29 is 9.59 Å². The van der Waals surface area contributed by atoms with E-state index in [1.165, 1.54) is 0 Å². The van der Waals surface area contributed by atoms with Crippen LogP contribution in [0.5, 0.6) is 0 Å². The van der Waals surface area contributed by atoms with E-state index in [2.05, 4.69) is 16.9 Å². The second kappa shape index (κ2) is 8.66. The fourth-order valence-corrected chi connectivity index (χ4v) is 3.41. The molecule has 2 heterocycles. The Labute approximate surface area is 159 Å². The topological polar surface area (TPSA) is 67.2 Å². The summed E-state index contributed by atoms with van der Waals surface area (Å²) < 4.78 is 1.93. The van der Waals surface area contributed by atoms with Gasteiger partial charge in [0.15, 0.2) is 5.82 Å². The molecule has 1 N–H and O–H groups in total. The first-order chi connectivity index (χ1) is 13.2. The van der Waals surface area contributed by atoms with Gasteiger partial charge in [-0.3, -0.25) is 9.59 Å². The number of nitrogens with zero attached hydrogens (tertiary/aromatic N) is 3. The minimum absolute atomic E-state index is 0.132. The third kappa shape index (κ3) is 4.10. The lowest BCUT2D eigenvalue weighted by Crippen LogP contribution is -2.33. The van der Waals surface area contributed by atoms with Gasteiger partial charge in [-0.2, -0.15) is 0 Å². The van der Waals surface area contributed by atoms with Crippen molar-refractivity contribution in [2.24, 2.45) is 0 Å². The van der Waals surface area contributed by atoms with Crippen molar-refractivity contribution in [3.63, 3.8) is 0 Å². The van der Waals surface area contributed by atoms with E-state index in [1.807, 2.05) is 41.8 Å². The molecule has 0 bridgehead atoms. The van der Waals surface area contributed by atoms with Crippen LogP contribution in [0.2, 0.25) is 0 Å². The second-order valence-electron chi connectivity index (χ2n) is 6.64. The predicted octanol–water partition coefficient (Wildman–Crippen LogP) is 2.80. The molecule has 142 valence electrons. The summed E-state index contributed by atoms with van der Waals surface area (Å²) in [4.78, 5) is 31.9. The van der Waals surface area contributed by atoms with E-state index in [0.29, 0.717) is 31.2 Å². The Morgan fingerprint density at radius 1 is 1.30 bits per heavy atom. The number of fused-ring (bicyclic) bond motifs is 1. The third-order valence-corrected chi connectivity index (χ3v) is 4.82. The maximum absolute atomic E-state index is 13.2. The van der Waals surface area contributed by atoms with Gasteiger partial charge in [-0.1, -0.05) is 36.4 Å². The first-order valence-corrected chi connectivity index (χ1v) is 9.47. The van der Waals surface area contributed by atoms with Crippen LogP contribution in [0.15, 0.2) is 43.0 Å². The number of rotatable bonds is 7. The van der Waals surface area contributed by atoms with Gasteiger partial charge in [-0.15, -0.1) is 6.58 Å². The number of hydrogen-bond acceptors (Lipinski definition) is 3. The van der Waals surface area contributed by atoms with Gasteiger partial charge in [-0.05, 0) is 31.7 Å². The number of carbonyl (C=O) groups is 2. The summed E-state index contributed by atoms with van der Waals surface area (Å²) in [6.07, 6.45) is 4.39. The van der Waals surface area contributed by atoms with E-state index in [4.69, 9.17) is 0 Å². The molecular formula is C21H26N4O2. The van der Waals surface area contributed by atoms with Crippen LogP contribution in [0.25, 0.3) is 0 Å². The number of aromatic nitrogens is 2. The zero-order chi connectivity index (χ0) is 19.2. The Balaban J connectivity index is 1.90. The monoisotopic (exact) mass is 366 g/mol. The quantitative estimate of drug-likeness (QED) is 0.766. The Morgan fingerprint density at radius 3 is 2.78 bits per heavy atom. The van der Waals surface area contributed by atoms with Gasteiger partial charge in [0.1, 0.15) is 5.69 Å². The number of amides is 2. The van der Waals surface area contributed by atoms with Gasteiger partial charge in [0.2, 0.25) is 0 Å². The van der Waals surface area contributed by atoms with Crippen LogP contribution < -0.4 is 5.32 Å². The second-order valence-corrected chi connectivity index (χ2v) is 6.64. The largest absolute Gasteiger partial charge is 0.347 e. The van der Waals surface area contributed by atoms with Crippen LogP contribution in [0.4, 0.5) is 0 Å². The third-order valence-electron chi connectivity index (χ3n) is 4.82. The van der Waals surface area contributed by atoms with Crippen LogP contribution in [0.3, 0.4) is 0 Å². The molecule has 0 radical (unpaired) electrons. The standard InChI is InChI=1S/C21H26N4O2/c1-3-13-22-20(26)18-17-12-8-9-14-25(17)19(23-18)21(27)24(4-2)15-16-10-6-5-7-11-16/h3,5-7,10-11H,1,4,8-9,12-15H2,2H3,(H,22,26). The van der Waals surface area contributed by atoms with E-state index in [-0.39, 0.29) is 11.8 Å². The molecule has 2 aromatic rings. The van der Waals surface area contributed by atoms with Gasteiger partial charge in [0.05, 0.1) is 5.69 Å². The molecule has 2 amide bonds. The molecule has 1 aliphatic rings. The normalized spacial score (nSPS) is 12.9. The molecule has 0 fully saturated rings. The van der Waals surface area contributed by atoms with E-state index in [1.54, 1.807) is 11.0 Å². The Hall–Kier alpha value is -2.89. The Bertz CT molecular complexity index is 826. The SMILES string of the molecule is C=CCNC(=O)c1nc(C(=O)N(CC)Cc2ccccc2)n2c1CCCC2. The molecule has 1 aliphatic heterocycles. The molecule has 0 atom stereocenters. The molecule has 0 saturated carbocycles. The van der Waals surface area contributed by atoms with Crippen LogP contribution in [-0.2, 0) is 19.5 Å². The molecule has 0 aliphatic carbocycles. The zero-order valence-electron chi connectivity index (χ0n) is 15.8. The summed E-state index contributed by atoms with van der Waals surface area (Å²) in [6, 6.07) is 9.90. The minimum atomic E-state index is -0.245. The fourth-order valence-electron chi connectivity index (χ4n) is 3.41. The summed E-state index contributed by atoms with van der Waals surface area (Å²) in [6.45, 7) is 7.78. The summed E-state index contributed by atoms with van der Waals surface area (Å²) >= 11 is 0. The molecule has 1 aromatic carbocycles. The average Bonchev–Trinajstić information content (AvgIpc) is 3.10. The van der Waals surface area contributed by atoms with Gasteiger partial charge in [0.25, 0.3) is 11.8 Å². The number of hydrogen-bond donors (Lipinski definition) is 1. The summed E-state index contributed by atoms with van der Waals surface area (Å²) in [5.74, 6) is -0.00999. The number of carbonyl (C=O) groups excluding carboxylic acids is 2. The maximum atomic E-state index is 13.2. The molecule has 6 nitrogen and oxygen atoms in total. The van der Waals surface area contributed by atoms with Crippen molar-refractivity contribution in [1.82, 2.24) is 19.8 Å². The van der Waals surface area contributed by atoms with Crippen LogP contribution in [0, 0.1) is 0 Å². The maximum Gasteiger partial charge on any atom is 0.290 e. The van der Waals surface area contributed by atoms with Crippen molar-refractivity contribution >= 4 is 11.8 Å². The van der Waals surface area contributed by atoms with E-state index < -0.39 is 0 Å². The molecule has 6 heteroatoms. The van der Waals surface area contributed by atoms with Crippen molar-refractivity contribution in [2.75, 3.05) is 13.1 Å². The Kier molecular flexibility index (Phi) is 6.06. The first kappa shape index (κ1) is 18.9. The molecule has 0 spiro atoms. The van der Waals surface area contributed by atoms with Crippen LogP contribution in [0.1, 0.15) is 52.1 Å². The fraction of sp³-hybridized carbons (Fsp3) is 0.381. The lowest BCUT2D eigenvalue weighted by atomic mass is 10.1. The van der Waals surface area contributed by atoms with E-state index >= 15 is 0 Å². The number of imidazole rings is 1. The van der Waals surface area contributed by atoms with Gasteiger partial charge < -0.3 is 14.8 Å². The van der Waals surface area contributed by atoms with Crippen LogP contribution >= 0.6 is 0 Å². The van der Waals surface area contributed by atoms with Crippen molar-refractivity contribution in [3.8, 4) is 0 Å². The predicted molar refractivity (Wildman–Crippen MR) is 105 cm³/mol. The van der Waals surface area contributed by atoms with E-state index in [0.717, 1.165) is 37.1 Å². The zero-order valence-corrected chi connectivity index (χ0v) is 15.8. The highest BCUT2D eigenvalue weighted by molar-refractivity contribution is 5.97. The van der Waals surface area contributed by atoms with Crippen molar-refractivity contribution in [1.29, 1.82) is 0 Å². The molecule has 3 rings (SSSR count).